The van der Waals surface area contributed by atoms with Crippen LogP contribution in [0.2, 0.25) is 0 Å². The second kappa shape index (κ2) is 6.81. The van der Waals surface area contributed by atoms with E-state index in [9.17, 15) is 13.2 Å². The van der Waals surface area contributed by atoms with Crippen LogP contribution in [0.25, 0.3) is 0 Å². The van der Waals surface area contributed by atoms with E-state index in [1.54, 1.807) is 12.1 Å². The molecule has 1 N–H and O–H groups in total. The molecule has 2 aliphatic heterocycles. The quantitative estimate of drug-likeness (QED) is 0.905. The van der Waals surface area contributed by atoms with Gasteiger partial charge in [0.05, 0.1) is 11.6 Å². The normalized spacial score (nSPS) is 18.7. The van der Waals surface area contributed by atoms with Crippen molar-refractivity contribution in [2.45, 2.75) is 12.2 Å². The lowest BCUT2D eigenvalue weighted by Crippen LogP contribution is -2.45. The number of rotatable bonds is 3. The molecule has 26 heavy (non-hydrogen) atoms. The summed E-state index contributed by atoms with van der Waals surface area (Å²) in [5.41, 5.74) is 1.18. The number of halogens is 3. The topological polar surface area (TPSA) is 33.7 Å². The first-order chi connectivity index (χ1) is 12.5. The second-order valence-electron chi connectivity index (χ2n) is 6.42. The first kappa shape index (κ1) is 17.2. The van der Waals surface area contributed by atoms with Crippen molar-refractivity contribution >= 4 is 0 Å². The number of alkyl halides is 3. The second-order valence-corrected chi connectivity index (χ2v) is 6.42. The van der Waals surface area contributed by atoms with Crippen molar-refractivity contribution in [2.24, 2.45) is 0 Å². The van der Waals surface area contributed by atoms with E-state index in [2.05, 4.69) is 10.2 Å². The van der Waals surface area contributed by atoms with Crippen LogP contribution in [0.4, 0.5) is 13.2 Å². The van der Waals surface area contributed by atoms with Gasteiger partial charge in [-0.25, -0.2) is 0 Å². The zero-order valence-corrected chi connectivity index (χ0v) is 14.1. The predicted octanol–water partition coefficient (Wildman–Crippen LogP) is 3.43. The molecule has 1 fully saturated rings. The van der Waals surface area contributed by atoms with Crippen molar-refractivity contribution in [3.8, 4) is 11.5 Å². The average Bonchev–Trinajstić information content (AvgIpc) is 3.10. The minimum absolute atomic E-state index is 0.131. The van der Waals surface area contributed by atoms with Crippen LogP contribution in [-0.2, 0) is 6.18 Å². The summed E-state index contributed by atoms with van der Waals surface area (Å²) >= 11 is 0. The van der Waals surface area contributed by atoms with Gasteiger partial charge in [0.25, 0.3) is 0 Å². The Morgan fingerprint density at radius 1 is 0.885 bits per heavy atom. The highest BCUT2D eigenvalue weighted by molar-refractivity contribution is 5.47. The zero-order valence-electron chi connectivity index (χ0n) is 14.1. The summed E-state index contributed by atoms with van der Waals surface area (Å²) in [6.45, 7) is 3.53. The minimum Gasteiger partial charge on any atom is -0.454 e. The lowest BCUT2D eigenvalue weighted by atomic mass is 9.95. The van der Waals surface area contributed by atoms with E-state index in [0.717, 1.165) is 49.4 Å². The molecule has 2 aromatic carbocycles. The number of benzene rings is 2. The van der Waals surface area contributed by atoms with Crippen molar-refractivity contribution in [3.63, 3.8) is 0 Å². The van der Waals surface area contributed by atoms with Crippen LogP contribution >= 0.6 is 0 Å². The largest absolute Gasteiger partial charge is 0.454 e. The first-order valence-electron chi connectivity index (χ1n) is 8.54. The highest BCUT2D eigenvalue weighted by atomic mass is 19.4. The maximum Gasteiger partial charge on any atom is 0.416 e. The Hall–Kier alpha value is -2.25. The molecule has 4 rings (SSSR count). The smallest absolute Gasteiger partial charge is 0.416 e. The van der Waals surface area contributed by atoms with E-state index in [1.807, 2.05) is 18.2 Å². The summed E-state index contributed by atoms with van der Waals surface area (Å²) in [6.07, 6.45) is -4.33. The third kappa shape index (κ3) is 3.37. The molecule has 2 aromatic rings. The fourth-order valence-electron chi connectivity index (χ4n) is 3.49. The Kier molecular flexibility index (Phi) is 4.50. The van der Waals surface area contributed by atoms with Gasteiger partial charge < -0.3 is 14.8 Å². The molecule has 2 heterocycles. The van der Waals surface area contributed by atoms with Crippen LogP contribution in [0.3, 0.4) is 0 Å². The van der Waals surface area contributed by atoms with Gasteiger partial charge >= 0.3 is 6.18 Å². The highest BCUT2D eigenvalue weighted by Gasteiger charge is 2.31. The van der Waals surface area contributed by atoms with E-state index in [-0.39, 0.29) is 12.8 Å². The van der Waals surface area contributed by atoms with Crippen molar-refractivity contribution < 1.29 is 22.6 Å². The molecule has 0 aliphatic carbocycles. The maximum atomic E-state index is 12.9. The average molecular weight is 364 g/mol. The Morgan fingerprint density at radius 2 is 1.54 bits per heavy atom. The van der Waals surface area contributed by atoms with Crippen molar-refractivity contribution in [3.05, 3.63) is 59.2 Å². The van der Waals surface area contributed by atoms with Crippen LogP contribution in [0, 0.1) is 0 Å². The minimum atomic E-state index is -4.33. The molecule has 7 heteroatoms. The molecule has 1 atom stereocenters. The summed E-state index contributed by atoms with van der Waals surface area (Å²) in [5.74, 6) is 1.37. The predicted molar refractivity (Wildman–Crippen MR) is 90.3 cm³/mol. The molecule has 4 nitrogen and oxygen atoms in total. The maximum absolute atomic E-state index is 12.9. The van der Waals surface area contributed by atoms with Gasteiger partial charge in [0.1, 0.15) is 0 Å². The SMILES string of the molecule is FC(F)(F)c1ccc([C@@H](c2ccc3c(c2)OCO3)N2CCNCC2)cc1. The molecule has 1 saturated heterocycles. The highest BCUT2D eigenvalue weighted by Crippen LogP contribution is 2.38. The number of nitrogens with zero attached hydrogens (tertiary/aromatic N) is 1. The molecule has 2 aliphatic rings. The third-order valence-electron chi connectivity index (χ3n) is 4.78. The molecule has 0 unspecified atom stereocenters. The van der Waals surface area contributed by atoms with E-state index in [0.29, 0.717) is 11.5 Å². The summed E-state index contributed by atoms with van der Waals surface area (Å²) in [7, 11) is 0. The van der Waals surface area contributed by atoms with Crippen molar-refractivity contribution in [1.29, 1.82) is 0 Å². The zero-order chi connectivity index (χ0) is 18.1. The fourth-order valence-corrected chi connectivity index (χ4v) is 3.49. The van der Waals surface area contributed by atoms with E-state index >= 15 is 0 Å². The number of fused-ring (bicyclic) bond motifs is 1. The molecule has 0 aromatic heterocycles. The van der Waals surface area contributed by atoms with Crippen LogP contribution in [0.1, 0.15) is 22.7 Å². The van der Waals surface area contributed by atoms with E-state index in [1.165, 1.54) is 0 Å². The summed E-state index contributed by atoms with van der Waals surface area (Å²) in [6, 6.07) is 11.0. The van der Waals surface area contributed by atoms with Gasteiger partial charge in [0.2, 0.25) is 6.79 Å². The summed E-state index contributed by atoms with van der Waals surface area (Å²) in [4.78, 5) is 2.27. The number of hydrogen-bond acceptors (Lipinski definition) is 4. The van der Waals surface area contributed by atoms with Gasteiger partial charge in [-0.1, -0.05) is 18.2 Å². The number of piperazine rings is 1. The standard InChI is InChI=1S/C19H19F3N2O2/c20-19(21,22)15-4-1-13(2-5-15)18(24-9-7-23-8-10-24)14-3-6-16-17(11-14)26-12-25-16/h1-6,11,18,23H,7-10,12H2/t18-/m0/s1. The Balaban J connectivity index is 1.71. The van der Waals surface area contributed by atoms with E-state index < -0.39 is 11.7 Å². The van der Waals surface area contributed by atoms with Crippen LogP contribution in [-0.4, -0.2) is 37.9 Å². The lowest BCUT2D eigenvalue weighted by Gasteiger charge is -2.35. The van der Waals surface area contributed by atoms with Crippen molar-refractivity contribution in [1.82, 2.24) is 10.2 Å². The van der Waals surface area contributed by atoms with E-state index in [4.69, 9.17) is 9.47 Å². The van der Waals surface area contributed by atoms with Gasteiger partial charge in [0, 0.05) is 26.2 Å². The van der Waals surface area contributed by atoms with Gasteiger partial charge in [-0.05, 0) is 35.4 Å². The fraction of sp³-hybridized carbons (Fsp3) is 0.368. The van der Waals surface area contributed by atoms with Crippen LogP contribution < -0.4 is 14.8 Å². The van der Waals surface area contributed by atoms with Gasteiger partial charge in [-0.15, -0.1) is 0 Å². The van der Waals surface area contributed by atoms with Crippen LogP contribution in [0.5, 0.6) is 11.5 Å². The summed E-state index contributed by atoms with van der Waals surface area (Å²) < 4.78 is 49.5. The van der Waals surface area contributed by atoms with Crippen LogP contribution in [0.15, 0.2) is 42.5 Å². The molecule has 0 amide bonds. The monoisotopic (exact) mass is 364 g/mol. The molecule has 0 saturated carbocycles. The van der Waals surface area contributed by atoms with Gasteiger partial charge in [0.15, 0.2) is 11.5 Å². The Bertz CT molecular complexity index is 771. The molecule has 138 valence electrons. The third-order valence-corrected chi connectivity index (χ3v) is 4.78. The molecule has 0 bridgehead atoms. The number of hydrogen-bond donors (Lipinski definition) is 1. The lowest BCUT2D eigenvalue weighted by molar-refractivity contribution is -0.137. The molecule has 0 spiro atoms. The van der Waals surface area contributed by atoms with Crippen molar-refractivity contribution in [2.75, 3.05) is 33.0 Å². The van der Waals surface area contributed by atoms with Gasteiger partial charge in [-0.3, -0.25) is 4.90 Å². The molecular formula is C19H19F3N2O2. The Morgan fingerprint density at radius 3 is 2.23 bits per heavy atom. The number of nitrogens with one attached hydrogen (secondary N) is 1. The number of ether oxygens (including phenoxy) is 2. The molecule has 0 radical (unpaired) electrons. The Labute approximate surface area is 149 Å². The molecular weight excluding hydrogens is 345 g/mol. The first-order valence-corrected chi connectivity index (χ1v) is 8.54. The summed E-state index contributed by atoms with van der Waals surface area (Å²) in [5, 5.41) is 3.31. The van der Waals surface area contributed by atoms with Gasteiger partial charge in [-0.2, -0.15) is 13.2 Å².